The van der Waals surface area contributed by atoms with Gasteiger partial charge in [0.25, 0.3) is 0 Å². The van der Waals surface area contributed by atoms with E-state index >= 15 is 0 Å². The Bertz CT molecular complexity index is 393. The van der Waals surface area contributed by atoms with Crippen molar-refractivity contribution in [1.29, 1.82) is 0 Å². The zero-order chi connectivity index (χ0) is 14.8. The van der Waals surface area contributed by atoms with E-state index in [9.17, 15) is 9.59 Å². The molecule has 0 saturated carbocycles. The number of benzene rings is 1. The molecule has 106 valence electrons. The third-order valence-electron chi connectivity index (χ3n) is 2.11. The van der Waals surface area contributed by atoms with Crippen LogP contribution < -0.4 is 11.5 Å². The van der Waals surface area contributed by atoms with Gasteiger partial charge in [-0.1, -0.05) is 30.3 Å². The second-order valence-electron chi connectivity index (χ2n) is 4.21. The van der Waals surface area contributed by atoms with Crippen molar-refractivity contribution >= 4 is 11.9 Å². The summed E-state index contributed by atoms with van der Waals surface area (Å²) >= 11 is 0. The molecule has 0 aliphatic carbocycles. The van der Waals surface area contributed by atoms with Crippen molar-refractivity contribution in [2.75, 3.05) is 0 Å². The zero-order valence-corrected chi connectivity index (χ0v) is 10.8. The predicted octanol–water partition coefficient (Wildman–Crippen LogP) is 0.449. The Morgan fingerprint density at radius 1 is 1.16 bits per heavy atom. The van der Waals surface area contributed by atoms with E-state index in [0.717, 1.165) is 6.42 Å². The molecule has 0 radical (unpaired) electrons. The van der Waals surface area contributed by atoms with Crippen LogP contribution in [-0.4, -0.2) is 34.2 Å². The van der Waals surface area contributed by atoms with Crippen molar-refractivity contribution in [2.24, 2.45) is 11.5 Å². The fraction of sp³-hybridized carbons (Fsp3) is 0.385. The molecule has 0 spiro atoms. The fourth-order valence-electron chi connectivity index (χ4n) is 1.26. The van der Waals surface area contributed by atoms with Crippen molar-refractivity contribution in [3.63, 3.8) is 0 Å². The average Bonchev–Trinajstić information content (AvgIpc) is 2.29. The molecule has 0 amide bonds. The van der Waals surface area contributed by atoms with E-state index in [-0.39, 0.29) is 6.04 Å². The number of nitrogens with two attached hydrogens (primary N) is 2. The molecule has 0 fully saturated rings. The predicted molar refractivity (Wildman–Crippen MR) is 71.7 cm³/mol. The summed E-state index contributed by atoms with van der Waals surface area (Å²) in [5.74, 6) is -2.50. The molecule has 1 aromatic carbocycles. The fourth-order valence-corrected chi connectivity index (χ4v) is 1.26. The van der Waals surface area contributed by atoms with Gasteiger partial charge in [0.15, 0.2) is 0 Å². The molecular formula is C13H20N2O4. The van der Waals surface area contributed by atoms with Crippen LogP contribution in [0.25, 0.3) is 0 Å². The van der Waals surface area contributed by atoms with Crippen LogP contribution in [0, 0.1) is 0 Å². The first-order valence-corrected chi connectivity index (χ1v) is 5.82. The summed E-state index contributed by atoms with van der Waals surface area (Å²) < 4.78 is 0. The monoisotopic (exact) mass is 268 g/mol. The lowest BCUT2D eigenvalue weighted by Crippen LogP contribution is -2.32. The van der Waals surface area contributed by atoms with Crippen LogP contribution in [0.1, 0.15) is 18.9 Å². The van der Waals surface area contributed by atoms with E-state index in [1.54, 1.807) is 0 Å². The normalized spacial score (nSPS) is 12.8. The van der Waals surface area contributed by atoms with Crippen LogP contribution in [0.2, 0.25) is 0 Å². The Morgan fingerprint density at radius 3 is 2.00 bits per heavy atom. The molecule has 1 rings (SSSR count). The Morgan fingerprint density at radius 2 is 1.68 bits per heavy atom. The third-order valence-corrected chi connectivity index (χ3v) is 2.11. The van der Waals surface area contributed by atoms with Gasteiger partial charge >= 0.3 is 11.9 Å². The highest BCUT2D eigenvalue weighted by Crippen LogP contribution is 2.00. The molecule has 0 aliphatic rings. The van der Waals surface area contributed by atoms with Crippen LogP contribution in [-0.2, 0) is 16.0 Å². The van der Waals surface area contributed by atoms with E-state index in [1.807, 2.05) is 25.1 Å². The molecule has 1 unspecified atom stereocenters. The number of carboxylic acids is 2. The third kappa shape index (κ3) is 9.75. The highest BCUT2D eigenvalue weighted by molar-refractivity contribution is 5.80. The molecule has 1 aromatic rings. The highest BCUT2D eigenvalue weighted by atomic mass is 16.4. The largest absolute Gasteiger partial charge is 0.481 e. The van der Waals surface area contributed by atoms with Crippen molar-refractivity contribution in [3.8, 4) is 0 Å². The van der Waals surface area contributed by atoms with Crippen LogP contribution in [0.5, 0.6) is 0 Å². The SMILES string of the molecule is CC(N)Cc1ccccc1.N[C@@H](CC(=O)O)C(=O)O. The van der Waals surface area contributed by atoms with Gasteiger partial charge in [-0.25, -0.2) is 0 Å². The van der Waals surface area contributed by atoms with Gasteiger partial charge in [-0.15, -0.1) is 0 Å². The lowest BCUT2D eigenvalue weighted by molar-refractivity contribution is -0.144. The summed E-state index contributed by atoms with van der Waals surface area (Å²) in [7, 11) is 0. The second kappa shape index (κ2) is 9.07. The Balaban J connectivity index is 0.000000344. The number of carboxylic acid groups (broad SMARTS) is 2. The quantitative estimate of drug-likeness (QED) is 0.614. The van der Waals surface area contributed by atoms with Gasteiger partial charge in [-0.05, 0) is 18.9 Å². The lowest BCUT2D eigenvalue weighted by Gasteiger charge is -2.02. The summed E-state index contributed by atoms with van der Waals surface area (Å²) in [6.07, 6.45) is 0.441. The van der Waals surface area contributed by atoms with Crippen molar-refractivity contribution < 1.29 is 19.8 Å². The molecule has 0 saturated heterocycles. The van der Waals surface area contributed by atoms with Gasteiger partial charge in [-0.3, -0.25) is 9.59 Å². The Labute approximate surface area is 112 Å². The molecule has 0 bridgehead atoms. The summed E-state index contributed by atoms with van der Waals surface area (Å²) in [5.41, 5.74) is 11.8. The van der Waals surface area contributed by atoms with E-state index in [2.05, 4.69) is 12.1 Å². The van der Waals surface area contributed by atoms with Crippen molar-refractivity contribution in [3.05, 3.63) is 35.9 Å². The van der Waals surface area contributed by atoms with E-state index in [1.165, 1.54) is 5.56 Å². The van der Waals surface area contributed by atoms with Gasteiger partial charge in [0, 0.05) is 6.04 Å². The molecule has 6 N–H and O–H groups in total. The number of hydrogen-bond donors (Lipinski definition) is 4. The zero-order valence-electron chi connectivity index (χ0n) is 10.8. The summed E-state index contributed by atoms with van der Waals surface area (Å²) in [5, 5.41) is 16.0. The standard InChI is InChI=1S/C9H13N.C4H7NO4/c1-8(10)7-9-5-3-2-4-6-9;5-2(4(8)9)1-3(6)7/h2-6,8H,7,10H2,1H3;2H,1,5H2,(H,6,7)(H,8,9)/t;2-/m.0/s1. The van der Waals surface area contributed by atoms with Crippen molar-refractivity contribution in [2.45, 2.75) is 31.8 Å². The minimum Gasteiger partial charge on any atom is -0.481 e. The maximum atomic E-state index is 9.85. The van der Waals surface area contributed by atoms with Crippen LogP contribution in [0.4, 0.5) is 0 Å². The average molecular weight is 268 g/mol. The van der Waals surface area contributed by atoms with Crippen LogP contribution >= 0.6 is 0 Å². The first-order valence-electron chi connectivity index (χ1n) is 5.82. The number of aliphatic carboxylic acids is 2. The topological polar surface area (TPSA) is 127 Å². The maximum absolute atomic E-state index is 9.85. The van der Waals surface area contributed by atoms with Crippen molar-refractivity contribution in [1.82, 2.24) is 0 Å². The van der Waals surface area contributed by atoms with Gasteiger partial charge < -0.3 is 21.7 Å². The Hall–Kier alpha value is -1.92. The minimum atomic E-state index is -1.29. The van der Waals surface area contributed by atoms with Gasteiger partial charge in [-0.2, -0.15) is 0 Å². The number of carbonyl (C=O) groups is 2. The Kier molecular flexibility index (Phi) is 8.15. The molecule has 0 aromatic heterocycles. The summed E-state index contributed by atoms with van der Waals surface area (Å²) in [6, 6.07) is 9.28. The van der Waals surface area contributed by atoms with Gasteiger partial charge in [0.05, 0.1) is 6.42 Å². The first-order chi connectivity index (χ1) is 8.82. The smallest absolute Gasteiger partial charge is 0.321 e. The van der Waals surface area contributed by atoms with Crippen LogP contribution in [0.3, 0.4) is 0 Å². The highest BCUT2D eigenvalue weighted by Gasteiger charge is 2.14. The molecule has 2 atom stereocenters. The van der Waals surface area contributed by atoms with E-state index in [0.29, 0.717) is 0 Å². The minimum absolute atomic E-state index is 0.266. The summed E-state index contributed by atoms with van der Waals surface area (Å²) in [4.78, 5) is 19.6. The van der Waals surface area contributed by atoms with Gasteiger partial charge in [0.2, 0.25) is 0 Å². The van der Waals surface area contributed by atoms with E-state index < -0.39 is 24.4 Å². The van der Waals surface area contributed by atoms with E-state index in [4.69, 9.17) is 21.7 Å². The second-order valence-corrected chi connectivity index (χ2v) is 4.21. The first kappa shape index (κ1) is 17.1. The number of rotatable bonds is 5. The molecule has 0 heterocycles. The molecular weight excluding hydrogens is 248 g/mol. The van der Waals surface area contributed by atoms with Crippen LogP contribution in [0.15, 0.2) is 30.3 Å². The lowest BCUT2D eigenvalue weighted by atomic mass is 10.1. The van der Waals surface area contributed by atoms with Gasteiger partial charge in [0.1, 0.15) is 6.04 Å². The molecule has 0 aliphatic heterocycles. The maximum Gasteiger partial charge on any atom is 0.321 e. The number of hydrogen-bond acceptors (Lipinski definition) is 4. The molecule has 6 nitrogen and oxygen atoms in total. The molecule has 19 heavy (non-hydrogen) atoms. The summed E-state index contributed by atoms with van der Waals surface area (Å²) in [6.45, 7) is 2.02. The molecule has 6 heteroatoms.